The molecular weight excluding hydrogens is 327 g/mol. The van der Waals surface area contributed by atoms with Crippen LogP contribution in [0.25, 0.3) is 0 Å². The van der Waals surface area contributed by atoms with E-state index >= 15 is 0 Å². The first-order valence-electron chi connectivity index (χ1n) is 10.6. The Bertz CT molecular complexity index is 547. The zero-order chi connectivity index (χ0) is 18.8. The number of carbonyl (C=O) groups excluding carboxylic acids is 1. The van der Waals surface area contributed by atoms with E-state index in [1.165, 1.54) is 31.7 Å². The maximum Gasteiger partial charge on any atom is 0.314 e. The SMILES string of the molecule is CCCCCc1ccc(OC(=O)[C@H]2CC[C@H](CCCCC)CC2)c(F)c1. The van der Waals surface area contributed by atoms with Crippen molar-refractivity contribution in [1.29, 1.82) is 0 Å². The fraction of sp³-hybridized carbons (Fsp3) is 0.696. The number of unbranched alkanes of at least 4 members (excludes halogenated alkanes) is 4. The standard InChI is InChI=1S/C23H35FO2/c1-3-5-7-9-18-11-14-20(15-12-18)23(25)26-22-16-13-19(17-21(22)24)10-8-6-4-2/h13,16-18,20H,3-12,14-15H2,1-2H3/t18-,20-. The molecule has 0 N–H and O–H groups in total. The maximum atomic E-state index is 14.2. The molecule has 1 aliphatic rings. The smallest absolute Gasteiger partial charge is 0.314 e. The van der Waals surface area contributed by atoms with Crippen LogP contribution in [0.1, 0.15) is 90.0 Å². The molecule has 1 fully saturated rings. The molecule has 0 heterocycles. The Balaban J connectivity index is 1.79. The minimum atomic E-state index is -0.416. The lowest BCUT2D eigenvalue weighted by Gasteiger charge is -2.27. The van der Waals surface area contributed by atoms with Crippen molar-refractivity contribution < 1.29 is 13.9 Å². The summed E-state index contributed by atoms with van der Waals surface area (Å²) in [5.41, 5.74) is 0.975. The predicted molar refractivity (Wildman–Crippen MR) is 105 cm³/mol. The highest BCUT2D eigenvalue weighted by atomic mass is 19.1. The van der Waals surface area contributed by atoms with Gasteiger partial charge in [0.05, 0.1) is 5.92 Å². The van der Waals surface area contributed by atoms with E-state index in [9.17, 15) is 9.18 Å². The summed E-state index contributed by atoms with van der Waals surface area (Å²) in [5, 5.41) is 0. The molecule has 3 heteroatoms. The average Bonchev–Trinajstić information content (AvgIpc) is 2.65. The fourth-order valence-corrected chi connectivity index (χ4v) is 3.92. The minimum absolute atomic E-state index is 0.0685. The van der Waals surface area contributed by atoms with Crippen LogP contribution in [0, 0.1) is 17.7 Å². The van der Waals surface area contributed by atoms with Gasteiger partial charge in [-0.2, -0.15) is 0 Å². The van der Waals surface area contributed by atoms with Crippen LogP contribution in [0.5, 0.6) is 5.75 Å². The minimum Gasteiger partial charge on any atom is -0.423 e. The summed E-state index contributed by atoms with van der Waals surface area (Å²) < 4.78 is 19.6. The summed E-state index contributed by atoms with van der Waals surface area (Å²) in [6, 6.07) is 5.01. The zero-order valence-electron chi connectivity index (χ0n) is 16.6. The Morgan fingerprint density at radius 2 is 1.73 bits per heavy atom. The number of esters is 1. The molecule has 0 saturated heterocycles. The van der Waals surface area contributed by atoms with Gasteiger partial charge in [-0.25, -0.2) is 4.39 Å². The average molecular weight is 363 g/mol. The van der Waals surface area contributed by atoms with Crippen molar-refractivity contribution in [3.05, 3.63) is 29.6 Å². The van der Waals surface area contributed by atoms with Gasteiger partial charge in [0.15, 0.2) is 11.6 Å². The first kappa shape index (κ1) is 20.9. The summed E-state index contributed by atoms with van der Waals surface area (Å²) in [4.78, 5) is 12.4. The van der Waals surface area contributed by atoms with Gasteiger partial charge in [-0.3, -0.25) is 4.79 Å². The van der Waals surface area contributed by atoms with E-state index in [0.29, 0.717) is 0 Å². The molecule has 2 nitrogen and oxygen atoms in total. The van der Waals surface area contributed by atoms with Gasteiger partial charge in [-0.15, -0.1) is 0 Å². The number of carbonyl (C=O) groups is 1. The normalized spacial score (nSPS) is 20.1. The van der Waals surface area contributed by atoms with Gasteiger partial charge in [0.2, 0.25) is 0 Å². The monoisotopic (exact) mass is 362 g/mol. The third-order valence-electron chi connectivity index (χ3n) is 5.67. The summed E-state index contributed by atoms with van der Waals surface area (Å²) in [7, 11) is 0. The van der Waals surface area contributed by atoms with Crippen LogP contribution in [0.2, 0.25) is 0 Å². The molecule has 1 aromatic carbocycles. The van der Waals surface area contributed by atoms with E-state index in [0.717, 1.165) is 62.8 Å². The third-order valence-corrected chi connectivity index (χ3v) is 5.67. The van der Waals surface area contributed by atoms with Gasteiger partial charge < -0.3 is 4.74 Å². The summed E-state index contributed by atoms with van der Waals surface area (Å²) >= 11 is 0. The van der Waals surface area contributed by atoms with Crippen molar-refractivity contribution in [3.63, 3.8) is 0 Å². The fourth-order valence-electron chi connectivity index (χ4n) is 3.92. The number of halogens is 1. The Morgan fingerprint density at radius 1 is 1.04 bits per heavy atom. The van der Waals surface area contributed by atoms with Crippen LogP contribution in [0.3, 0.4) is 0 Å². The second-order valence-corrected chi connectivity index (χ2v) is 7.86. The topological polar surface area (TPSA) is 26.3 Å². The van der Waals surface area contributed by atoms with Crippen LogP contribution < -0.4 is 4.74 Å². The van der Waals surface area contributed by atoms with Crippen LogP contribution in [0.4, 0.5) is 4.39 Å². The molecule has 26 heavy (non-hydrogen) atoms. The maximum absolute atomic E-state index is 14.2. The van der Waals surface area contributed by atoms with E-state index in [1.807, 2.05) is 6.07 Å². The van der Waals surface area contributed by atoms with Crippen molar-refractivity contribution in [2.75, 3.05) is 0 Å². The number of hydrogen-bond acceptors (Lipinski definition) is 2. The highest BCUT2D eigenvalue weighted by Crippen LogP contribution is 2.33. The second kappa shape index (κ2) is 11.4. The van der Waals surface area contributed by atoms with Crippen LogP contribution in [-0.4, -0.2) is 5.97 Å². The Labute approximate surface area is 158 Å². The molecule has 0 unspecified atom stereocenters. The van der Waals surface area contributed by atoms with Crippen molar-refractivity contribution in [1.82, 2.24) is 0 Å². The van der Waals surface area contributed by atoms with E-state index in [1.54, 1.807) is 6.07 Å². The van der Waals surface area contributed by atoms with Gasteiger partial charge >= 0.3 is 5.97 Å². The number of aryl methyl sites for hydroxylation is 1. The molecule has 0 radical (unpaired) electrons. The molecular formula is C23H35FO2. The summed E-state index contributed by atoms with van der Waals surface area (Å²) in [6.07, 6.45) is 13.3. The quantitative estimate of drug-likeness (QED) is 0.258. The molecule has 1 aliphatic carbocycles. The van der Waals surface area contributed by atoms with Crippen molar-refractivity contribution in [2.45, 2.75) is 90.9 Å². The molecule has 146 valence electrons. The molecule has 1 aromatic rings. The van der Waals surface area contributed by atoms with Gasteiger partial charge in [-0.05, 0) is 62.1 Å². The second-order valence-electron chi connectivity index (χ2n) is 7.86. The van der Waals surface area contributed by atoms with Crippen molar-refractivity contribution in [3.8, 4) is 5.75 Å². The number of benzene rings is 1. The van der Waals surface area contributed by atoms with E-state index < -0.39 is 5.82 Å². The summed E-state index contributed by atoms with van der Waals surface area (Å²) in [6.45, 7) is 4.38. The Hall–Kier alpha value is -1.38. The van der Waals surface area contributed by atoms with Crippen LogP contribution in [0.15, 0.2) is 18.2 Å². The molecule has 2 rings (SSSR count). The lowest BCUT2D eigenvalue weighted by atomic mass is 9.80. The van der Waals surface area contributed by atoms with Gasteiger partial charge in [0.1, 0.15) is 0 Å². The lowest BCUT2D eigenvalue weighted by molar-refractivity contribution is -0.140. The molecule has 0 amide bonds. The number of hydrogen-bond donors (Lipinski definition) is 0. The number of rotatable bonds is 10. The van der Waals surface area contributed by atoms with Crippen molar-refractivity contribution in [2.24, 2.45) is 11.8 Å². The van der Waals surface area contributed by atoms with Gasteiger partial charge in [0, 0.05) is 0 Å². The largest absolute Gasteiger partial charge is 0.423 e. The molecule has 0 aliphatic heterocycles. The molecule has 0 spiro atoms. The summed E-state index contributed by atoms with van der Waals surface area (Å²) in [5.74, 6) is 0.0975. The molecule has 0 aromatic heterocycles. The molecule has 0 atom stereocenters. The van der Waals surface area contributed by atoms with Crippen molar-refractivity contribution >= 4 is 5.97 Å². The third kappa shape index (κ3) is 6.74. The first-order chi connectivity index (χ1) is 12.6. The highest BCUT2D eigenvalue weighted by Gasteiger charge is 2.28. The van der Waals surface area contributed by atoms with E-state index in [2.05, 4.69) is 13.8 Å². The van der Waals surface area contributed by atoms with Gasteiger partial charge in [0.25, 0.3) is 0 Å². The first-order valence-corrected chi connectivity index (χ1v) is 10.6. The highest BCUT2D eigenvalue weighted by molar-refractivity contribution is 5.75. The molecule has 1 saturated carbocycles. The lowest BCUT2D eigenvalue weighted by Crippen LogP contribution is -2.26. The van der Waals surface area contributed by atoms with E-state index in [-0.39, 0.29) is 17.6 Å². The predicted octanol–water partition coefficient (Wildman–Crippen LogP) is 6.85. The van der Waals surface area contributed by atoms with Crippen LogP contribution in [-0.2, 0) is 11.2 Å². The molecule has 0 bridgehead atoms. The Morgan fingerprint density at radius 3 is 2.38 bits per heavy atom. The van der Waals surface area contributed by atoms with Gasteiger partial charge in [-0.1, -0.05) is 58.4 Å². The van der Waals surface area contributed by atoms with E-state index in [4.69, 9.17) is 4.74 Å². The zero-order valence-corrected chi connectivity index (χ0v) is 16.6. The number of ether oxygens (including phenoxy) is 1. The van der Waals surface area contributed by atoms with Crippen LogP contribution >= 0.6 is 0 Å². The Kier molecular flexibility index (Phi) is 9.14.